The van der Waals surface area contributed by atoms with Crippen molar-refractivity contribution >= 4 is 11.8 Å². The van der Waals surface area contributed by atoms with Crippen molar-refractivity contribution in [2.45, 2.75) is 18.9 Å². The van der Waals surface area contributed by atoms with Crippen LogP contribution in [-0.4, -0.2) is 29.0 Å². The molecule has 0 aliphatic carbocycles. The maximum absolute atomic E-state index is 14.1. The molecule has 0 unspecified atom stereocenters. The molecule has 114 valence electrons. The molecule has 1 aromatic heterocycles. The zero-order chi connectivity index (χ0) is 15.5. The van der Waals surface area contributed by atoms with Gasteiger partial charge in [-0.1, -0.05) is 0 Å². The fourth-order valence-electron chi connectivity index (χ4n) is 2.50. The van der Waals surface area contributed by atoms with Crippen molar-refractivity contribution in [3.8, 4) is 5.69 Å². The molecule has 1 saturated heterocycles. The van der Waals surface area contributed by atoms with Crippen LogP contribution in [0, 0.1) is 5.82 Å². The number of piperidine rings is 1. The van der Waals surface area contributed by atoms with Gasteiger partial charge in [0.2, 0.25) is 5.91 Å². The Balaban J connectivity index is 1.76. The Morgan fingerprint density at radius 2 is 2.09 bits per heavy atom. The van der Waals surface area contributed by atoms with Gasteiger partial charge in [-0.15, -0.1) is 0 Å². The SMILES string of the molecule is O=C(N[C@@H]1CCCNC1=O)c1ccc(-n2cccc2)c(F)c1. The summed E-state index contributed by atoms with van der Waals surface area (Å²) < 4.78 is 15.8. The Labute approximate surface area is 127 Å². The molecule has 5 nitrogen and oxygen atoms in total. The predicted molar refractivity (Wildman–Crippen MR) is 79.2 cm³/mol. The van der Waals surface area contributed by atoms with Crippen molar-refractivity contribution in [3.63, 3.8) is 0 Å². The van der Waals surface area contributed by atoms with Crippen molar-refractivity contribution in [2.24, 2.45) is 0 Å². The summed E-state index contributed by atoms with van der Waals surface area (Å²) in [4.78, 5) is 23.8. The van der Waals surface area contributed by atoms with Crippen LogP contribution >= 0.6 is 0 Å². The summed E-state index contributed by atoms with van der Waals surface area (Å²) in [5.74, 6) is -1.12. The van der Waals surface area contributed by atoms with E-state index in [0.717, 1.165) is 6.42 Å². The standard InChI is InChI=1S/C16H16FN3O2/c17-12-10-11(5-6-14(12)20-8-1-2-9-20)15(21)19-13-4-3-7-18-16(13)22/h1-2,5-6,8-10,13H,3-4,7H2,(H,18,22)(H,19,21)/t13-/m1/s1. The second-order valence-electron chi connectivity index (χ2n) is 5.22. The maximum Gasteiger partial charge on any atom is 0.252 e. The topological polar surface area (TPSA) is 63.1 Å². The average Bonchev–Trinajstić information content (AvgIpc) is 3.03. The first kappa shape index (κ1) is 14.3. The monoisotopic (exact) mass is 301 g/mol. The van der Waals surface area contributed by atoms with Crippen molar-refractivity contribution in [1.29, 1.82) is 0 Å². The molecule has 6 heteroatoms. The van der Waals surface area contributed by atoms with Crippen LogP contribution in [0.25, 0.3) is 5.69 Å². The highest BCUT2D eigenvalue weighted by Gasteiger charge is 2.24. The smallest absolute Gasteiger partial charge is 0.252 e. The zero-order valence-electron chi connectivity index (χ0n) is 11.9. The highest BCUT2D eigenvalue weighted by molar-refractivity contribution is 5.97. The van der Waals surface area contributed by atoms with Gasteiger partial charge in [0.1, 0.15) is 11.9 Å². The van der Waals surface area contributed by atoms with E-state index < -0.39 is 17.8 Å². The Kier molecular flexibility index (Phi) is 3.91. The summed E-state index contributed by atoms with van der Waals surface area (Å²) in [6.45, 7) is 0.630. The summed E-state index contributed by atoms with van der Waals surface area (Å²) in [6.07, 6.45) is 4.87. The third kappa shape index (κ3) is 2.86. The first-order valence-electron chi connectivity index (χ1n) is 7.16. The minimum Gasteiger partial charge on any atom is -0.354 e. The molecule has 2 heterocycles. The van der Waals surface area contributed by atoms with E-state index in [1.54, 1.807) is 41.2 Å². The molecule has 2 aromatic rings. The number of hydrogen-bond acceptors (Lipinski definition) is 2. The quantitative estimate of drug-likeness (QED) is 0.905. The van der Waals surface area contributed by atoms with Gasteiger partial charge in [0.25, 0.3) is 5.91 Å². The van der Waals surface area contributed by atoms with E-state index in [0.29, 0.717) is 18.7 Å². The van der Waals surface area contributed by atoms with Gasteiger partial charge in [-0.05, 0) is 43.2 Å². The molecular weight excluding hydrogens is 285 g/mol. The lowest BCUT2D eigenvalue weighted by Crippen LogP contribution is -2.50. The summed E-state index contributed by atoms with van der Waals surface area (Å²) in [5, 5.41) is 5.34. The van der Waals surface area contributed by atoms with E-state index in [9.17, 15) is 14.0 Å². The molecule has 2 N–H and O–H groups in total. The Morgan fingerprint density at radius 1 is 1.32 bits per heavy atom. The van der Waals surface area contributed by atoms with Gasteiger partial charge in [-0.2, -0.15) is 0 Å². The fraction of sp³-hybridized carbons (Fsp3) is 0.250. The highest BCUT2D eigenvalue weighted by Crippen LogP contribution is 2.16. The molecule has 2 amide bonds. The number of carbonyl (C=O) groups is 2. The number of carbonyl (C=O) groups excluding carboxylic acids is 2. The van der Waals surface area contributed by atoms with Crippen LogP contribution in [0.3, 0.4) is 0 Å². The van der Waals surface area contributed by atoms with Crippen molar-refractivity contribution < 1.29 is 14.0 Å². The third-order valence-corrected chi connectivity index (χ3v) is 3.68. The van der Waals surface area contributed by atoms with Crippen LogP contribution in [0.2, 0.25) is 0 Å². The number of halogens is 1. The lowest BCUT2D eigenvalue weighted by atomic mass is 10.1. The van der Waals surface area contributed by atoms with Crippen LogP contribution in [0.1, 0.15) is 23.2 Å². The van der Waals surface area contributed by atoms with Gasteiger partial charge < -0.3 is 15.2 Å². The molecule has 1 fully saturated rings. The second-order valence-corrected chi connectivity index (χ2v) is 5.22. The first-order valence-corrected chi connectivity index (χ1v) is 7.16. The zero-order valence-corrected chi connectivity index (χ0v) is 11.9. The lowest BCUT2D eigenvalue weighted by Gasteiger charge is -2.22. The molecule has 1 atom stereocenters. The summed E-state index contributed by atoms with van der Waals surface area (Å²) >= 11 is 0. The van der Waals surface area contributed by atoms with Gasteiger partial charge in [0, 0.05) is 24.5 Å². The summed E-state index contributed by atoms with van der Waals surface area (Å²) in [6, 6.07) is 7.32. The molecular formula is C16H16FN3O2. The Morgan fingerprint density at radius 3 is 2.77 bits per heavy atom. The van der Waals surface area contributed by atoms with Gasteiger partial charge in [0.15, 0.2) is 0 Å². The highest BCUT2D eigenvalue weighted by atomic mass is 19.1. The second kappa shape index (κ2) is 6.01. The largest absolute Gasteiger partial charge is 0.354 e. The van der Waals surface area contributed by atoms with Gasteiger partial charge >= 0.3 is 0 Å². The number of amides is 2. The lowest BCUT2D eigenvalue weighted by molar-refractivity contribution is -0.124. The fourth-order valence-corrected chi connectivity index (χ4v) is 2.50. The number of aromatic nitrogens is 1. The average molecular weight is 301 g/mol. The molecule has 3 rings (SSSR count). The van der Waals surface area contributed by atoms with Crippen LogP contribution in [0.15, 0.2) is 42.7 Å². The number of benzene rings is 1. The molecule has 0 saturated carbocycles. The number of rotatable bonds is 3. The Bertz CT molecular complexity index is 697. The van der Waals surface area contributed by atoms with Crippen LogP contribution in [-0.2, 0) is 4.79 Å². The number of hydrogen-bond donors (Lipinski definition) is 2. The molecule has 0 spiro atoms. The summed E-state index contributed by atoms with van der Waals surface area (Å²) in [7, 11) is 0. The number of nitrogens with one attached hydrogen (secondary N) is 2. The van der Waals surface area contributed by atoms with Crippen LogP contribution in [0.5, 0.6) is 0 Å². The van der Waals surface area contributed by atoms with E-state index in [4.69, 9.17) is 0 Å². The molecule has 1 aliphatic heterocycles. The van der Waals surface area contributed by atoms with E-state index in [1.807, 2.05) is 0 Å². The minimum absolute atomic E-state index is 0.191. The van der Waals surface area contributed by atoms with Crippen LogP contribution < -0.4 is 10.6 Å². The van der Waals surface area contributed by atoms with Gasteiger partial charge in [0.05, 0.1) is 5.69 Å². The minimum atomic E-state index is -0.548. The normalized spacial score (nSPS) is 17.9. The molecule has 22 heavy (non-hydrogen) atoms. The number of nitrogens with zero attached hydrogens (tertiary/aromatic N) is 1. The van der Waals surface area contributed by atoms with Crippen molar-refractivity contribution in [1.82, 2.24) is 15.2 Å². The van der Waals surface area contributed by atoms with E-state index in [-0.39, 0.29) is 11.5 Å². The van der Waals surface area contributed by atoms with E-state index in [1.165, 1.54) is 6.07 Å². The third-order valence-electron chi connectivity index (χ3n) is 3.68. The van der Waals surface area contributed by atoms with Crippen LogP contribution in [0.4, 0.5) is 4.39 Å². The summed E-state index contributed by atoms with van der Waals surface area (Å²) in [5.41, 5.74) is 0.573. The predicted octanol–water partition coefficient (Wildman–Crippen LogP) is 1.62. The van der Waals surface area contributed by atoms with Crippen molar-refractivity contribution in [2.75, 3.05) is 6.54 Å². The molecule has 0 bridgehead atoms. The molecule has 1 aliphatic rings. The van der Waals surface area contributed by atoms with Gasteiger partial charge in [-0.25, -0.2) is 4.39 Å². The molecule has 0 radical (unpaired) electrons. The first-order chi connectivity index (χ1) is 10.6. The van der Waals surface area contributed by atoms with E-state index >= 15 is 0 Å². The molecule has 1 aromatic carbocycles. The Hall–Kier alpha value is -2.63. The maximum atomic E-state index is 14.1. The van der Waals surface area contributed by atoms with Crippen molar-refractivity contribution in [3.05, 3.63) is 54.1 Å². The van der Waals surface area contributed by atoms with E-state index in [2.05, 4.69) is 10.6 Å². The van der Waals surface area contributed by atoms with Gasteiger partial charge in [-0.3, -0.25) is 9.59 Å².